The van der Waals surface area contributed by atoms with Crippen molar-refractivity contribution in [3.63, 3.8) is 0 Å². The predicted octanol–water partition coefficient (Wildman–Crippen LogP) is 3.17. The van der Waals surface area contributed by atoms with Crippen molar-refractivity contribution in [2.75, 3.05) is 18.5 Å². The van der Waals surface area contributed by atoms with Gasteiger partial charge in [-0.25, -0.2) is 14.8 Å². The Hall–Kier alpha value is -2.96. The summed E-state index contributed by atoms with van der Waals surface area (Å²) in [5.74, 6) is 0.258. The fourth-order valence-corrected chi connectivity index (χ4v) is 2.23. The van der Waals surface area contributed by atoms with Gasteiger partial charge in [0.25, 0.3) is 5.91 Å². The number of benzene rings is 1. The van der Waals surface area contributed by atoms with Crippen LogP contribution >= 0.6 is 0 Å². The summed E-state index contributed by atoms with van der Waals surface area (Å²) in [5.41, 5.74) is 1.21. The van der Waals surface area contributed by atoms with Gasteiger partial charge >= 0.3 is 5.97 Å². The Balaban J connectivity index is 2.12. The number of hydrogen-bond donors (Lipinski definition) is 2. The Kier molecular flexibility index (Phi) is 7.08. The predicted molar refractivity (Wildman–Crippen MR) is 99.5 cm³/mol. The quantitative estimate of drug-likeness (QED) is 0.706. The molecule has 0 aliphatic rings. The van der Waals surface area contributed by atoms with E-state index in [0.717, 1.165) is 6.42 Å². The summed E-state index contributed by atoms with van der Waals surface area (Å²) in [5, 5.41) is 5.89. The third kappa shape index (κ3) is 5.54. The van der Waals surface area contributed by atoms with Crippen LogP contribution in [0.5, 0.6) is 0 Å². The van der Waals surface area contributed by atoms with Crippen LogP contribution in [-0.2, 0) is 4.74 Å². The van der Waals surface area contributed by atoms with Crippen molar-refractivity contribution in [2.24, 2.45) is 5.92 Å². The molecule has 7 heteroatoms. The lowest BCUT2D eigenvalue weighted by Crippen LogP contribution is -2.26. The molecule has 1 aromatic heterocycles. The van der Waals surface area contributed by atoms with E-state index in [-0.39, 0.29) is 11.6 Å². The lowest BCUT2D eigenvalue weighted by atomic mass is 10.1. The molecule has 2 rings (SSSR count). The van der Waals surface area contributed by atoms with Crippen molar-refractivity contribution in [2.45, 2.75) is 27.2 Å². The van der Waals surface area contributed by atoms with Crippen molar-refractivity contribution < 1.29 is 14.3 Å². The second-order valence-corrected chi connectivity index (χ2v) is 6.12. The van der Waals surface area contributed by atoms with Crippen LogP contribution in [0.15, 0.2) is 36.7 Å². The van der Waals surface area contributed by atoms with E-state index in [0.29, 0.717) is 36.1 Å². The van der Waals surface area contributed by atoms with E-state index < -0.39 is 5.97 Å². The van der Waals surface area contributed by atoms with E-state index in [1.165, 1.54) is 6.33 Å². The molecule has 1 heterocycles. The highest BCUT2D eigenvalue weighted by molar-refractivity contribution is 5.97. The Morgan fingerprint density at radius 3 is 2.69 bits per heavy atom. The first kappa shape index (κ1) is 19.4. The first-order valence-electron chi connectivity index (χ1n) is 8.64. The molecule has 0 saturated carbocycles. The number of anilines is 2. The lowest BCUT2D eigenvalue weighted by Gasteiger charge is -2.11. The summed E-state index contributed by atoms with van der Waals surface area (Å²) in [7, 11) is 0. The fraction of sp³-hybridized carbons (Fsp3) is 0.368. The van der Waals surface area contributed by atoms with Gasteiger partial charge in [-0.1, -0.05) is 26.0 Å². The van der Waals surface area contributed by atoms with Gasteiger partial charge in [0.15, 0.2) is 0 Å². The second-order valence-electron chi connectivity index (χ2n) is 6.12. The van der Waals surface area contributed by atoms with Crippen molar-refractivity contribution in [3.8, 4) is 0 Å². The van der Waals surface area contributed by atoms with Crippen LogP contribution in [0.25, 0.3) is 0 Å². The van der Waals surface area contributed by atoms with Gasteiger partial charge in [0, 0.05) is 12.6 Å². The molecule has 2 aromatic rings. The molecule has 138 valence electrons. The maximum Gasteiger partial charge on any atom is 0.340 e. The number of rotatable bonds is 8. The van der Waals surface area contributed by atoms with Gasteiger partial charge in [-0.15, -0.1) is 0 Å². The monoisotopic (exact) mass is 356 g/mol. The van der Waals surface area contributed by atoms with E-state index in [4.69, 9.17) is 4.74 Å². The molecule has 0 saturated heterocycles. The molecule has 0 bridgehead atoms. The summed E-state index contributed by atoms with van der Waals surface area (Å²) in [6.45, 7) is 6.83. The van der Waals surface area contributed by atoms with Gasteiger partial charge in [-0.2, -0.15) is 0 Å². The van der Waals surface area contributed by atoms with Crippen LogP contribution < -0.4 is 10.6 Å². The molecular formula is C19H24N4O3. The summed E-state index contributed by atoms with van der Waals surface area (Å²) in [6.07, 6.45) is 2.21. The number of carbonyl (C=O) groups excluding carboxylic acids is 2. The average Bonchev–Trinajstić information content (AvgIpc) is 2.62. The lowest BCUT2D eigenvalue weighted by molar-refractivity contribution is 0.0527. The molecule has 0 radical (unpaired) electrons. The van der Waals surface area contributed by atoms with Crippen LogP contribution in [0.4, 0.5) is 11.5 Å². The van der Waals surface area contributed by atoms with Crippen molar-refractivity contribution in [3.05, 3.63) is 47.9 Å². The molecule has 1 aromatic carbocycles. The molecule has 0 spiro atoms. The van der Waals surface area contributed by atoms with Gasteiger partial charge in [0.2, 0.25) is 0 Å². The zero-order chi connectivity index (χ0) is 18.9. The van der Waals surface area contributed by atoms with Crippen LogP contribution in [-0.4, -0.2) is 35.0 Å². The highest BCUT2D eigenvalue weighted by atomic mass is 16.5. The molecule has 0 fully saturated rings. The average molecular weight is 356 g/mol. The van der Waals surface area contributed by atoms with E-state index in [2.05, 4.69) is 34.4 Å². The molecular weight excluding hydrogens is 332 g/mol. The number of para-hydroxylation sites is 1. The molecule has 0 aliphatic heterocycles. The number of aromatic nitrogens is 2. The maximum absolute atomic E-state index is 12.2. The maximum atomic E-state index is 12.2. The van der Waals surface area contributed by atoms with Crippen LogP contribution in [0.1, 0.15) is 48.0 Å². The fourth-order valence-electron chi connectivity index (χ4n) is 2.23. The van der Waals surface area contributed by atoms with E-state index in [1.54, 1.807) is 37.3 Å². The SMILES string of the molecule is CCOC(=O)c1ccccc1Nc1cc(C(=O)NCCC(C)C)ncn1. The van der Waals surface area contributed by atoms with Crippen molar-refractivity contribution >= 4 is 23.4 Å². The van der Waals surface area contributed by atoms with Gasteiger partial charge in [-0.3, -0.25) is 4.79 Å². The number of esters is 1. The Morgan fingerprint density at radius 1 is 1.19 bits per heavy atom. The van der Waals surface area contributed by atoms with E-state index in [1.807, 2.05) is 0 Å². The summed E-state index contributed by atoms with van der Waals surface area (Å²) in [4.78, 5) is 32.4. The first-order valence-corrected chi connectivity index (χ1v) is 8.64. The third-order valence-electron chi connectivity index (χ3n) is 3.59. The highest BCUT2D eigenvalue weighted by Gasteiger charge is 2.14. The molecule has 0 atom stereocenters. The molecule has 0 unspecified atom stereocenters. The molecule has 7 nitrogen and oxygen atoms in total. The number of hydrogen-bond acceptors (Lipinski definition) is 6. The molecule has 26 heavy (non-hydrogen) atoms. The Bertz CT molecular complexity index is 762. The number of nitrogens with one attached hydrogen (secondary N) is 2. The van der Waals surface area contributed by atoms with Crippen molar-refractivity contribution in [1.29, 1.82) is 0 Å². The van der Waals surface area contributed by atoms with Gasteiger partial charge in [-0.05, 0) is 31.4 Å². The van der Waals surface area contributed by atoms with Crippen LogP contribution in [0.3, 0.4) is 0 Å². The molecule has 1 amide bonds. The zero-order valence-electron chi connectivity index (χ0n) is 15.3. The number of ether oxygens (including phenoxy) is 1. The van der Waals surface area contributed by atoms with E-state index in [9.17, 15) is 9.59 Å². The largest absolute Gasteiger partial charge is 0.462 e. The first-order chi connectivity index (χ1) is 12.5. The molecule has 2 N–H and O–H groups in total. The topological polar surface area (TPSA) is 93.2 Å². The summed E-state index contributed by atoms with van der Waals surface area (Å²) < 4.78 is 5.06. The molecule has 0 aliphatic carbocycles. The Morgan fingerprint density at radius 2 is 1.96 bits per heavy atom. The van der Waals surface area contributed by atoms with E-state index >= 15 is 0 Å². The highest BCUT2D eigenvalue weighted by Crippen LogP contribution is 2.20. The zero-order valence-corrected chi connectivity index (χ0v) is 15.3. The van der Waals surface area contributed by atoms with Crippen LogP contribution in [0, 0.1) is 5.92 Å². The minimum atomic E-state index is -0.420. The summed E-state index contributed by atoms with van der Waals surface area (Å²) >= 11 is 0. The Labute approximate surface area is 153 Å². The standard InChI is InChI=1S/C19H24N4O3/c1-4-26-19(25)14-7-5-6-8-15(14)23-17-11-16(21-12-22-17)18(24)20-10-9-13(2)3/h5-8,11-13H,4,9-10H2,1-3H3,(H,20,24)(H,21,22,23). The number of nitrogens with zero attached hydrogens (tertiary/aromatic N) is 2. The second kappa shape index (κ2) is 9.50. The minimum Gasteiger partial charge on any atom is -0.462 e. The normalized spacial score (nSPS) is 10.5. The smallest absolute Gasteiger partial charge is 0.340 e. The number of carbonyl (C=O) groups is 2. The van der Waals surface area contributed by atoms with Crippen molar-refractivity contribution in [1.82, 2.24) is 15.3 Å². The van der Waals surface area contributed by atoms with Gasteiger partial charge in [0.1, 0.15) is 17.8 Å². The third-order valence-corrected chi connectivity index (χ3v) is 3.59. The number of amides is 1. The van der Waals surface area contributed by atoms with Gasteiger partial charge in [0.05, 0.1) is 17.9 Å². The summed E-state index contributed by atoms with van der Waals surface area (Å²) in [6, 6.07) is 8.52. The minimum absolute atomic E-state index is 0.255. The van der Waals surface area contributed by atoms with Crippen LogP contribution in [0.2, 0.25) is 0 Å². The van der Waals surface area contributed by atoms with Gasteiger partial charge < -0.3 is 15.4 Å².